The smallest absolute Gasteiger partial charge is 0.308 e. The number of hydrogen-bond donors (Lipinski definition) is 0. The number of para-hydroxylation sites is 1. The van der Waals surface area contributed by atoms with Crippen LogP contribution in [-0.4, -0.2) is 60.9 Å². The summed E-state index contributed by atoms with van der Waals surface area (Å²) in [5.41, 5.74) is 1.48. The Bertz CT molecular complexity index is 943. The van der Waals surface area contributed by atoms with Gasteiger partial charge in [0.15, 0.2) is 0 Å². The summed E-state index contributed by atoms with van der Waals surface area (Å²) in [7, 11) is 1.63. The van der Waals surface area contributed by atoms with E-state index in [1.807, 2.05) is 29.2 Å². The molecule has 1 saturated heterocycles. The molecule has 0 radical (unpaired) electrons. The number of methoxy groups -OCH3 is 1. The Balaban J connectivity index is 1.56. The minimum atomic E-state index is -0.429. The number of hydrogen-bond acceptors (Lipinski definition) is 5. The Labute approximate surface area is 182 Å². The zero-order valence-electron chi connectivity index (χ0n) is 18.0. The molecule has 0 aromatic heterocycles. The van der Waals surface area contributed by atoms with E-state index in [1.165, 1.54) is 6.92 Å². The molecule has 1 aliphatic heterocycles. The maximum atomic E-state index is 12.9. The van der Waals surface area contributed by atoms with Gasteiger partial charge in [-0.25, -0.2) is 0 Å². The first-order valence-corrected chi connectivity index (χ1v) is 10.5. The van der Waals surface area contributed by atoms with E-state index in [1.54, 1.807) is 36.3 Å². The number of esters is 1. The van der Waals surface area contributed by atoms with E-state index in [4.69, 9.17) is 9.47 Å². The number of carbonyl (C=O) groups is 3. The van der Waals surface area contributed by atoms with Gasteiger partial charge < -0.3 is 19.3 Å². The van der Waals surface area contributed by atoms with Gasteiger partial charge in [0.25, 0.3) is 5.91 Å². The van der Waals surface area contributed by atoms with Crippen LogP contribution in [0, 0.1) is 0 Å². The lowest BCUT2D eigenvalue weighted by molar-refractivity contribution is -0.132. The van der Waals surface area contributed by atoms with E-state index in [2.05, 4.69) is 0 Å². The lowest BCUT2D eigenvalue weighted by Crippen LogP contribution is -2.37. The van der Waals surface area contributed by atoms with Crippen LogP contribution in [0.2, 0.25) is 0 Å². The van der Waals surface area contributed by atoms with E-state index < -0.39 is 5.97 Å². The van der Waals surface area contributed by atoms with Crippen LogP contribution < -0.4 is 9.47 Å². The van der Waals surface area contributed by atoms with E-state index >= 15 is 0 Å². The fraction of sp³-hybridized carbons (Fsp3) is 0.375. The van der Waals surface area contributed by atoms with Gasteiger partial charge in [0.1, 0.15) is 11.5 Å². The topological polar surface area (TPSA) is 76.2 Å². The van der Waals surface area contributed by atoms with Crippen molar-refractivity contribution in [1.82, 2.24) is 9.80 Å². The van der Waals surface area contributed by atoms with Gasteiger partial charge in [-0.2, -0.15) is 0 Å². The van der Waals surface area contributed by atoms with E-state index in [9.17, 15) is 14.4 Å². The molecule has 2 aromatic carbocycles. The number of rotatable bonds is 6. The van der Waals surface area contributed by atoms with Crippen LogP contribution in [0.15, 0.2) is 48.5 Å². The molecule has 1 aliphatic rings. The Morgan fingerprint density at radius 2 is 1.68 bits per heavy atom. The highest BCUT2D eigenvalue weighted by Gasteiger charge is 2.23. The quantitative estimate of drug-likeness (QED) is 0.526. The summed E-state index contributed by atoms with van der Waals surface area (Å²) >= 11 is 0. The first kappa shape index (κ1) is 22.3. The number of carbonyl (C=O) groups excluding carboxylic acids is 3. The second kappa shape index (κ2) is 10.6. The summed E-state index contributed by atoms with van der Waals surface area (Å²) in [6.45, 7) is 3.49. The van der Waals surface area contributed by atoms with Crippen molar-refractivity contribution in [3.05, 3.63) is 59.7 Å². The number of benzene rings is 2. The SMILES string of the molecule is COc1ccccc1CCC(=O)N1CCCN(C(=O)c2cccc(OC(C)=O)c2)CC1. The molecule has 164 valence electrons. The molecular formula is C24H28N2O5. The van der Waals surface area contributed by atoms with Crippen molar-refractivity contribution >= 4 is 17.8 Å². The maximum Gasteiger partial charge on any atom is 0.308 e. The van der Waals surface area contributed by atoms with Crippen molar-refractivity contribution in [2.24, 2.45) is 0 Å². The predicted molar refractivity (Wildman–Crippen MR) is 116 cm³/mol. The van der Waals surface area contributed by atoms with Crippen LogP contribution in [0.25, 0.3) is 0 Å². The molecule has 2 aromatic rings. The molecule has 0 atom stereocenters. The zero-order chi connectivity index (χ0) is 22.2. The average Bonchev–Trinajstić information content (AvgIpc) is 3.03. The largest absolute Gasteiger partial charge is 0.496 e. The highest BCUT2D eigenvalue weighted by molar-refractivity contribution is 5.94. The van der Waals surface area contributed by atoms with Crippen molar-refractivity contribution in [1.29, 1.82) is 0 Å². The molecule has 1 fully saturated rings. The molecule has 0 bridgehead atoms. The van der Waals surface area contributed by atoms with E-state index in [0.717, 1.165) is 17.7 Å². The molecule has 7 heteroatoms. The summed E-state index contributed by atoms with van der Waals surface area (Å²) in [5, 5.41) is 0. The highest BCUT2D eigenvalue weighted by Crippen LogP contribution is 2.20. The van der Waals surface area contributed by atoms with Crippen LogP contribution in [0.5, 0.6) is 11.5 Å². The minimum Gasteiger partial charge on any atom is -0.496 e. The Morgan fingerprint density at radius 3 is 2.45 bits per heavy atom. The van der Waals surface area contributed by atoms with Crippen molar-refractivity contribution in [3.8, 4) is 11.5 Å². The highest BCUT2D eigenvalue weighted by atomic mass is 16.5. The summed E-state index contributed by atoms with van der Waals surface area (Å²) in [4.78, 5) is 40.4. The van der Waals surface area contributed by atoms with Gasteiger partial charge in [0, 0.05) is 45.1 Å². The number of aryl methyl sites for hydroxylation is 1. The van der Waals surface area contributed by atoms with Crippen molar-refractivity contribution in [2.75, 3.05) is 33.3 Å². The third-order valence-corrected chi connectivity index (χ3v) is 5.28. The molecule has 0 unspecified atom stereocenters. The molecule has 2 amide bonds. The predicted octanol–water partition coefficient (Wildman–Crippen LogP) is 2.93. The van der Waals surface area contributed by atoms with Crippen LogP contribution in [0.4, 0.5) is 0 Å². The van der Waals surface area contributed by atoms with Crippen molar-refractivity contribution < 1.29 is 23.9 Å². The fourth-order valence-electron chi connectivity index (χ4n) is 3.72. The third-order valence-electron chi connectivity index (χ3n) is 5.28. The van der Waals surface area contributed by atoms with Gasteiger partial charge in [-0.3, -0.25) is 14.4 Å². The van der Waals surface area contributed by atoms with Gasteiger partial charge in [-0.1, -0.05) is 24.3 Å². The average molecular weight is 424 g/mol. The third kappa shape index (κ3) is 6.07. The normalized spacial score (nSPS) is 14.0. The Kier molecular flexibility index (Phi) is 7.65. The van der Waals surface area contributed by atoms with Gasteiger partial charge in [0.05, 0.1) is 7.11 Å². The maximum absolute atomic E-state index is 12.9. The number of ether oxygens (including phenoxy) is 2. The molecule has 31 heavy (non-hydrogen) atoms. The Hall–Kier alpha value is -3.35. The fourth-order valence-corrected chi connectivity index (χ4v) is 3.72. The molecular weight excluding hydrogens is 396 g/mol. The molecule has 0 saturated carbocycles. The lowest BCUT2D eigenvalue weighted by atomic mass is 10.1. The van der Waals surface area contributed by atoms with Crippen molar-refractivity contribution in [2.45, 2.75) is 26.2 Å². The molecule has 0 spiro atoms. The number of amides is 2. The van der Waals surface area contributed by atoms with Gasteiger partial charge >= 0.3 is 5.97 Å². The van der Waals surface area contributed by atoms with Crippen LogP contribution in [0.1, 0.15) is 35.7 Å². The summed E-state index contributed by atoms with van der Waals surface area (Å²) < 4.78 is 10.4. The Morgan fingerprint density at radius 1 is 0.935 bits per heavy atom. The minimum absolute atomic E-state index is 0.0806. The first-order chi connectivity index (χ1) is 15.0. The van der Waals surface area contributed by atoms with Crippen LogP contribution >= 0.6 is 0 Å². The first-order valence-electron chi connectivity index (χ1n) is 10.5. The van der Waals surface area contributed by atoms with Gasteiger partial charge in [-0.15, -0.1) is 0 Å². The van der Waals surface area contributed by atoms with Crippen LogP contribution in [-0.2, 0) is 16.0 Å². The molecule has 3 rings (SSSR count). The lowest BCUT2D eigenvalue weighted by Gasteiger charge is -2.22. The summed E-state index contributed by atoms with van der Waals surface area (Å²) in [5.74, 6) is 0.663. The summed E-state index contributed by atoms with van der Waals surface area (Å²) in [6.07, 6.45) is 1.74. The van der Waals surface area contributed by atoms with Crippen LogP contribution in [0.3, 0.4) is 0 Å². The molecule has 0 aliphatic carbocycles. The van der Waals surface area contributed by atoms with Crippen molar-refractivity contribution in [3.63, 3.8) is 0 Å². The summed E-state index contributed by atoms with van der Waals surface area (Å²) in [6, 6.07) is 14.3. The second-order valence-electron chi connectivity index (χ2n) is 7.46. The molecule has 0 N–H and O–H groups in total. The second-order valence-corrected chi connectivity index (χ2v) is 7.46. The van der Waals surface area contributed by atoms with Gasteiger partial charge in [-0.05, 0) is 42.7 Å². The van der Waals surface area contributed by atoms with Gasteiger partial charge in [0.2, 0.25) is 5.91 Å². The standard InChI is InChI=1S/C24H28N2O5/c1-18(27)31-21-9-5-8-20(17-21)24(29)26-14-6-13-25(15-16-26)23(28)12-11-19-7-3-4-10-22(19)30-2/h3-5,7-10,17H,6,11-16H2,1-2H3. The zero-order valence-corrected chi connectivity index (χ0v) is 18.0. The molecule has 1 heterocycles. The van der Waals surface area contributed by atoms with E-state index in [-0.39, 0.29) is 11.8 Å². The number of nitrogens with zero attached hydrogens (tertiary/aromatic N) is 2. The van der Waals surface area contributed by atoms with E-state index in [0.29, 0.717) is 50.3 Å². The monoisotopic (exact) mass is 424 g/mol. The molecule has 7 nitrogen and oxygen atoms in total.